The molecule has 0 aromatic heterocycles. The van der Waals surface area contributed by atoms with E-state index in [4.69, 9.17) is 0 Å². The summed E-state index contributed by atoms with van der Waals surface area (Å²) in [5.41, 5.74) is 0.700. The Bertz CT molecular complexity index is 622. The largest absolute Gasteiger partial charge is 0.370 e. The number of nitrogens with zero attached hydrogens (tertiary/aromatic N) is 2. The van der Waals surface area contributed by atoms with E-state index in [1.54, 1.807) is 12.1 Å². The van der Waals surface area contributed by atoms with Gasteiger partial charge in [0.1, 0.15) is 4.90 Å². The fourth-order valence-electron chi connectivity index (χ4n) is 2.83. The van der Waals surface area contributed by atoms with Crippen LogP contribution in [0.3, 0.4) is 0 Å². The first kappa shape index (κ1) is 16.8. The quantitative estimate of drug-likeness (QED) is 0.773. The Kier molecular flexibility index (Phi) is 5.45. The molecular weight excluding hydrogens is 300 g/mol. The number of carbonyl (C=O) groups is 1. The molecule has 0 unspecified atom stereocenters. The molecular formula is C16H24N2O3S. The number of benzene rings is 1. The van der Waals surface area contributed by atoms with E-state index in [1.165, 1.54) is 0 Å². The first-order chi connectivity index (χ1) is 10.5. The maximum absolute atomic E-state index is 12.9. The number of sulfonamides is 1. The van der Waals surface area contributed by atoms with Gasteiger partial charge < -0.3 is 4.90 Å². The second-order valence-electron chi connectivity index (χ2n) is 5.53. The number of para-hydroxylation sites is 1. The van der Waals surface area contributed by atoms with Gasteiger partial charge >= 0.3 is 0 Å². The summed E-state index contributed by atoms with van der Waals surface area (Å²) in [7, 11) is -3.76. The number of carbonyl (C=O) groups excluding carboxylic acids is 1. The van der Waals surface area contributed by atoms with E-state index in [9.17, 15) is 13.2 Å². The molecule has 22 heavy (non-hydrogen) atoms. The highest BCUT2D eigenvalue weighted by atomic mass is 32.2. The van der Waals surface area contributed by atoms with Gasteiger partial charge in [-0.05, 0) is 31.4 Å². The van der Waals surface area contributed by atoms with Crippen molar-refractivity contribution in [1.82, 2.24) is 4.31 Å². The maximum atomic E-state index is 12.9. The van der Waals surface area contributed by atoms with Crippen molar-refractivity contribution in [2.45, 2.75) is 44.4 Å². The van der Waals surface area contributed by atoms with E-state index in [1.807, 2.05) is 12.1 Å². The first-order valence-electron chi connectivity index (χ1n) is 7.92. The fourth-order valence-corrected chi connectivity index (χ4v) is 4.50. The number of hydrogen-bond acceptors (Lipinski definition) is 4. The van der Waals surface area contributed by atoms with Crippen molar-refractivity contribution in [2.24, 2.45) is 0 Å². The highest BCUT2D eigenvalue weighted by Crippen LogP contribution is 2.30. The molecule has 6 heteroatoms. The molecule has 0 aliphatic carbocycles. The Hall–Kier alpha value is -1.56. The van der Waals surface area contributed by atoms with Crippen LogP contribution in [-0.2, 0) is 14.8 Å². The average molecular weight is 324 g/mol. The summed E-state index contributed by atoms with van der Waals surface area (Å²) in [6.45, 7) is 6.03. The van der Waals surface area contributed by atoms with Gasteiger partial charge in [0.15, 0.2) is 0 Å². The number of anilines is 1. The standard InChI is InChI=1S/C16H24N2O3S/c1-3-11-17(12-4-2)14-8-5-6-9-15(14)22(20,21)18-13-7-10-16(18)19/h5-6,8-9H,3-4,7,10-13H2,1-2H3. The van der Waals surface area contributed by atoms with Crippen LogP contribution in [-0.4, -0.2) is 38.3 Å². The predicted octanol–water partition coefficient (Wildman–Crippen LogP) is 2.62. The predicted molar refractivity (Wildman–Crippen MR) is 87.4 cm³/mol. The van der Waals surface area contributed by atoms with Crippen LogP contribution < -0.4 is 4.90 Å². The van der Waals surface area contributed by atoms with Crippen LogP contribution in [0.15, 0.2) is 29.2 Å². The smallest absolute Gasteiger partial charge is 0.268 e. The average Bonchev–Trinajstić information content (AvgIpc) is 2.94. The molecule has 1 aromatic rings. The van der Waals surface area contributed by atoms with E-state index in [0.717, 1.165) is 30.2 Å². The van der Waals surface area contributed by atoms with Crippen molar-refractivity contribution in [3.8, 4) is 0 Å². The molecule has 1 aliphatic rings. The Balaban J connectivity index is 2.44. The van der Waals surface area contributed by atoms with Crippen LogP contribution in [0.5, 0.6) is 0 Å². The van der Waals surface area contributed by atoms with Gasteiger partial charge in [0.05, 0.1) is 5.69 Å². The monoisotopic (exact) mass is 324 g/mol. The van der Waals surface area contributed by atoms with Crippen molar-refractivity contribution in [3.05, 3.63) is 24.3 Å². The zero-order valence-electron chi connectivity index (χ0n) is 13.3. The summed E-state index contributed by atoms with van der Waals surface area (Å²) in [4.78, 5) is 14.2. The molecule has 5 nitrogen and oxygen atoms in total. The van der Waals surface area contributed by atoms with Crippen LogP contribution in [0.1, 0.15) is 39.5 Å². The summed E-state index contributed by atoms with van der Waals surface area (Å²) in [6.07, 6.45) is 2.80. The van der Waals surface area contributed by atoms with Gasteiger partial charge in [0.2, 0.25) is 5.91 Å². The van der Waals surface area contributed by atoms with Gasteiger partial charge in [-0.1, -0.05) is 26.0 Å². The minimum Gasteiger partial charge on any atom is -0.370 e. The third-order valence-corrected chi connectivity index (χ3v) is 5.66. The lowest BCUT2D eigenvalue weighted by Crippen LogP contribution is -2.34. The molecule has 0 saturated carbocycles. The lowest BCUT2D eigenvalue weighted by molar-refractivity contribution is -0.123. The molecule has 0 N–H and O–H groups in total. The molecule has 1 amide bonds. The lowest BCUT2D eigenvalue weighted by Gasteiger charge is -2.27. The van der Waals surface area contributed by atoms with E-state index in [-0.39, 0.29) is 17.3 Å². The van der Waals surface area contributed by atoms with Gasteiger partial charge in [0, 0.05) is 26.1 Å². The van der Waals surface area contributed by atoms with Crippen molar-refractivity contribution in [1.29, 1.82) is 0 Å². The van der Waals surface area contributed by atoms with Gasteiger partial charge in [-0.2, -0.15) is 0 Å². The molecule has 0 radical (unpaired) electrons. The molecule has 1 fully saturated rings. The molecule has 0 spiro atoms. The van der Waals surface area contributed by atoms with E-state index in [0.29, 0.717) is 18.5 Å². The van der Waals surface area contributed by atoms with Crippen molar-refractivity contribution in [2.75, 3.05) is 24.5 Å². The van der Waals surface area contributed by atoms with Crippen molar-refractivity contribution >= 4 is 21.6 Å². The highest BCUT2D eigenvalue weighted by Gasteiger charge is 2.34. The first-order valence-corrected chi connectivity index (χ1v) is 9.36. The molecule has 1 heterocycles. The summed E-state index contributed by atoms with van der Waals surface area (Å²) in [5.74, 6) is -0.299. The summed E-state index contributed by atoms with van der Waals surface area (Å²) < 4.78 is 26.7. The zero-order valence-corrected chi connectivity index (χ0v) is 14.1. The number of amides is 1. The van der Waals surface area contributed by atoms with Gasteiger partial charge in [-0.3, -0.25) is 4.79 Å². The Labute approximate surface area is 133 Å². The van der Waals surface area contributed by atoms with Crippen LogP contribution in [0.25, 0.3) is 0 Å². The zero-order chi connectivity index (χ0) is 16.2. The van der Waals surface area contributed by atoms with Gasteiger partial charge in [0.25, 0.3) is 10.0 Å². The molecule has 1 saturated heterocycles. The minimum absolute atomic E-state index is 0.243. The minimum atomic E-state index is -3.76. The SMILES string of the molecule is CCCN(CCC)c1ccccc1S(=O)(=O)N1CCCC1=O. The van der Waals surface area contributed by atoms with Gasteiger partial charge in [-0.25, -0.2) is 12.7 Å². The molecule has 0 atom stereocenters. The third kappa shape index (κ3) is 3.27. The Morgan fingerprint density at radius 2 is 1.77 bits per heavy atom. The molecule has 0 bridgehead atoms. The summed E-state index contributed by atoms with van der Waals surface area (Å²) in [6, 6.07) is 7.00. The van der Waals surface area contributed by atoms with E-state index >= 15 is 0 Å². The highest BCUT2D eigenvalue weighted by molar-refractivity contribution is 7.89. The van der Waals surface area contributed by atoms with E-state index in [2.05, 4.69) is 18.7 Å². The fraction of sp³-hybridized carbons (Fsp3) is 0.562. The van der Waals surface area contributed by atoms with Crippen LogP contribution >= 0.6 is 0 Å². The topological polar surface area (TPSA) is 57.7 Å². The van der Waals surface area contributed by atoms with E-state index < -0.39 is 10.0 Å². The Morgan fingerprint density at radius 3 is 2.32 bits per heavy atom. The summed E-state index contributed by atoms with van der Waals surface area (Å²) in [5, 5.41) is 0. The molecule has 1 aliphatic heterocycles. The third-order valence-electron chi connectivity index (χ3n) is 3.79. The van der Waals surface area contributed by atoms with Gasteiger partial charge in [-0.15, -0.1) is 0 Å². The molecule has 122 valence electrons. The Morgan fingerprint density at radius 1 is 1.14 bits per heavy atom. The number of rotatable bonds is 7. The second-order valence-corrected chi connectivity index (χ2v) is 7.36. The van der Waals surface area contributed by atoms with Crippen LogP contribution in [0.2, 0.25) is 0 Å². The van der Waals surface area contributed by atoms with Crippen LogP contribution in [0, 0.1) is 0 Å². The lowest BCUT2D eigenvalue weighted by atomic mass is 10.2. The van der Waals surface area contributed by atoms with Crippen LogP contribution in [0.4, 0.5) is 5.69 Å². The second kappa shape index (κ2) is 7.13. The van der Waals surface area contributed by atoms with Crippen molar-refractivity contribution in [3.63, 3.8) is 0 Å². The normalized spacial score (nSPS) is 15.4. The van der Waals surface area contributed by atoms with Crippen molar-refractivity contribution < 1.29 is 13.2 Å². The maximum Gasteiger partial charge on any atom is 0.268 e. The molecule has 2 rings (SSSR count). The summed E-state index contributed by atoms with van der Waals surface area (Å²) >= 11 is 0. The molecule has 1 aromatic carbocycles. The number of hydrogen-bond donors (Lipinski definition) is 0.